The molecule has 0 bridgehead atoms. The van der Waals surface area contributed by atoms with Gasteiger partial charge in [-0.15, -0.1) is 0 Å². The van der Waals surface area contributed by atoms with E-state index in [0.29, 0.717) is 22.0 Å². The highest BCUT2D eigenvalue weighted by atomic mass is 35.5. The molecular formula is C17H14ClN3O2. The molecule has 0 aliphatic carbocycles. The molecule has 2 aromatic carbocycles. The van der Waals surface area contributed by atoms with Crippen molar-refractivity contribution in [2.24, 2.45) is 0 Å². The van der Waals surface area contributed by atoms with Gasteiger partial charge < -0.3 is 10.1 Å². The maximum absolute atomic E-state index is 12.4. The highest BCUT2D eigenvalue weighted by Crippen LogP contribution is 2.27. The van der Waals surface area contributed by atoms with Gasteiger partial charge in [0.2, 0.25) is 0 Å². The van der Waals surface area contributed by atoms with Crippen molar-refractivity contribution in [3.05, 3.63) is 71.5 Å². The molecule has 0 aliphatic heterocycles. The highest BCUT2D eigenvalue weighted by Gasteiger charge is 2.09. The molecule has 0 atom stereocenters. The summed E-state index contributed by atoms with van der Waals surface area (Å²) in [5.74, 6) is 0.339. The van der Waals surface area contributed by atoms with Gasteiger partial charge in [0.15, 0.2) is 0 Å². The summed E-state index contributed by atoms with van der Waals surface area (Å²) in [6.45, 7) is 0. The Labute approximate surface area is 138 Å². The highest BCUT2D eigenvalue weighted by molar-refractivity contribution is 6.32. The molecule has 3 rings (SSSR count). The first kappa shape index (κ1) is 15.1. The summed E-state index contributed by atoms with van der Waals surface area (Å²) in [6.07, 6.45) is 3.51. The zero-order valence-corrected chi connectivity index (χ0v) is 13.1. The number of nitrogens with one attached hydrogen (secondary N) is 1. The van der Waals surface area contributed by atoms with Gasteiger partial charge in [0.1, 0.15) is 5.75 Å². The molecule has 0 saturated heterocycles. The van der Waals surface area contributed by atoms with E-state index in [4.69, 9.17) is 16.3 Å². The minimum atomic E-state index is -0.222. The minimum Gasteiger partial charge on any atom is -0.495 e. The summed E-state index contributed by atoms with van der Waals surface area (Å²) in [7, 11) is 1.54. The third-order valence-corrected chi connectivity index (χ3v) is 3.58. The maximum Gasteiger partial charge on any atom is 0.255 e. The second kappa shape index (κ2) is 6.54. The zero-order valence-electron chi connectivity index (χ0n) is 12.4. The van der Waals surface area contributed by atoms with Crippen LogP contribution in [0.25, 0.3) is 5.69 Å². The van der Waals surface area contributed by atoms with E-state index < -0.39 is 0 Å². The predicted molar refractivity (Wildman–Crippen MR) is 89.5 cm³/mol. The summed E-state index contributed by atoms with van der Waals surface area (Å²) in [5.41, 5.74) is 1.95. The van der Waals surface area contributed by atoms with E-state index in [-0.39, 0.29) is 5.91 Å². The fourth-order valence-corrected chi connectivity index (χ4v) is 2.42. The van der Waals surface area contributed by atoms with E-state index >= 15 is 0 Å². The van der Waals surface area contributed by atoms with Crippen LogP contribution in [0.1, 0.15) is 10.4 Å². The lowest BCUT2D eigenvalue weighted by atomic mass is 10.2. The van der Waals surface area contributed by atoms with Crippen LogP contribution in [0.3, 0.4) is 0 Å². The van der Waals surface area contributed by atoms with Crippen LogP contribution in [-0.4, -0.2) is 22.8 Å². The molecule has 0 aliphatic rings. The van der Waals surface area contributed by atoms with Crippen LogP contribution < -0.4 is 10.1 Å². The lowest BCUT2D eigenvalue weighted by Crippen LogP contribution is -2.12. The average molecular weight is 328 g/mol. The number of carbonyl (C=O) groups is 1. The molecule has 116 valence electrons. The van der Waals surface area contributed by atoms with Gasteiger partial charge in [-0.3, -0.25) is 4.79 Å². The third-order valence-electron chi connectivity index (χ3n) is 3.29. The maximum atomic E-state index is 12.4. The lowest BCUT2D eigenvalue weighted by Gasteiger charge is -2.09. The molecular weight excluding hydrogens is 314 g/mol. The van der Waals surface area contributed by atoms with Crippen LogP contribution >= 0.6 is 11.6 Å². The molecule has 6 heteroatoms. The van der Waals surface area contributed by atoms with Gasteiger partial charge in [0.25, 0.3) is 5.91 Å². The molecule has 5 nitrogen and oxygen atoms in total. The number of hydrogen-bond acceptors (Lipinski definition) is 3. The summed E-state index contributed by atoms with van der Waals surface area (Å²) < 4.78 is 6.79. The molecule has 0 unspecified atom stereocenters. The van der Waals surface area contributed by atoms with Crippen molar-refractivity contribution in [1.29, 1.82) is 0 Å². The number of anilines is 1. The summed E-state index contributed by atoms with van der Waals surface area (Å²) >= 11 is 6.06. The molecule has 0 spiro atoms. The third kappa shape index (κ3) is 3.35. The van der Waals surface area contributed by atoms with E-state index in [1.165, 1.54) is 0 Å². The van der Waals surface area contributed by atoms with Gasteiger partial charge in [-0.1, -0.05) is 17.7 Å². The molecule has 0 radical (unpaired) electrons. The minimum absolute atomic E-state index is 0.222. The number of rotatable bonds is 4. The summed E-state index contributed by atoms with van der Waals surface area (Å²) in [4.78, 5) is 12.4. The Morgan fingerprint density at radius 2 is 2.09 bits per heavy atom. The van der Waals surface area contributed by atoms with Crippen molar-refractivity contribution in [1.82, 2.24) is 9.78 Å². The van der Waals surface area contributed by atoms with Gasteiger partial charge in [0.05, 0.1) is 17.8 Å². The van der Waals surface area contributed by atoms with E-state index in [1.807, 2.05) is 24.4 Å². The number of ether oxygens (including phenoxy) is 1. The topological polar surface area (TPSA) is 56.1 Å². The Hall–Kier alpha value is -2.79. The molecule has 1 aromatic heterocycles. The summed E-state index contributed by atoms with van der Waals surface area (Å²) in [6, 6.07) is 14.1. The predicted octanol–water partition coefficient (Wildman–Crippen LogP) is 3.79. The molecule has 1 heterocycles. The van der Waals surface area contributed by atoms with Gasteiger partial charge in [0, 0.05) is 23.6 Å². The second-order valence-electron chi connectivity index (χ2n) is 4.80. The van der Waals surface area contributed by atoms with Crippen molar-refractivity contribution < 1.29 is 9.53 Å². The fraction of sp³-hybridized carbons (Fsp3) is 0.0588. The number of aromatic nitrogens is 2. The van der Waals surface area contributed by atoms with Crippen LogP contribution in [0.4, 0.5) is 5.69 Å². The number of nitrogens with zero attached hydrogens (tertiary/aromatic N) is 2. The lowest BCUT2D eigenvalue weighted by molar-refractivity contribution is 0.102. The molecule has 0 fully saturated rings. The first-order valence-electron chi connectivity index (χ1n) is 6.92. The van der Waals surface area contributed by atoms with Crippen LogP contribution in [0.2, 0.25) is 5.02 Å². The van der Waals surface area contributed by atoms with Crippen molar-refractivity contribution in [2.45, 2.75) is 0 Å². The van der Waals surface area contributed by atoms with Gasteiger partial charge in [-0.05, 0) is 42.5 Å². The number of carbonyl (C=O) groups excluding carboxylic acids is 1. The standard InChI is InChI=1S/C17H14ClN3O2/c1-23-16-7-6-13(11-15(16)18)20-17(22)12-4-2-5-14(10-12)21-9-3-8-19-21/h2-11H,1H3,(H,20,22). The van der Waals surface area contributed by atoms with E-state index in [9.17, 15) is 4.79 Å². The van der Waals surface area contributed by atoms with Crippen molar-refractivity contribution in [3.63, 3.8) is 0 Å². The Kier molecular flexibility index (Phi) is 4.30. The van der Waals surface area contributed by atoms with Gasteiger partial charge in [-0.2, -0.15) is 5.10 Å². The van der Waals surface area contributed by atoms with Crippen LogP contribution in [-0.2, 0) is 0 Å². The number of benzene rings is 2. The van der Waals surface area contributed by atoms with E-state index in [2.05, 4.69) is 10.4 Å². The van der Waals surface area contributed by atoms with E-state index in [0.717, 1.165) is 5.69 Å². The first-order valence-corrected chi connectivity index (χ1v) is 7.30. The van der Waals surface area contributed by atoms with Crippen LogP contribution in [0.5, 0.6) is 5.75 Å². The molecule has 23 heavy (non-hydrogen) atoms. The van der Waals surface area contributed by atoms with Crippen molar-refractivity contribution in [2.75, 3.05) is 12.4 Å². The quantitative estimate of drug-likeness (QED) is 0.793. The smallest absolute Gasteiger partial charge is 0.255 e. The Morgan fingerprint density at radius 1 is 1.22 bits per heavy atom. The normalized spacial score (nSPS) is 10.3. The molecule has 0 saturated carbocycles. The van der Waals surface area contributed by atoms with Crippen LogP contribution in [0, 0.1) is 0 Å². The van der Waals surface area contributed by atoms with Gasteiger partial charge >= 0.3 is 0 Å². The monoisotopic (exact) mass is 327 g/mol. The van der Waals surface area contributed by atoms with E-state index in [1.54, 1.807) is 48.3 Å². The molecule has 3 aromatic rings. The first-order chi connectivity index (χ1) is 11.2. The largest absolute Gasteiger partial charge is 0.495 e. The van der Waals surface area contributed by atoms with Crippen molar-refractivity contribution in [3.8, 4) is 11.4 Å². The number of amides is 1. The van der Waals surface area contributed by atoms with Crippen molar-refractivity contribution >= 4 is 23.2 Å². The number of methoxy groups -OCH3 is 1. The number of hydrogen-bond donors (Lipinski definition) is 1. The van der Waals surface area contributed by atoms with Crippen LogP contribution in [0.15, 0.2) is 60.9 Å². The fourth-order valence-electron chi connectivity index (χ4n) is 2.16. The SMILES string of the molecule is COc1ccc(NC(=O)c2cccc(-n3cccn3)c2)cc1Cl. The molecule has 1 N–H and O–H groups in total. The second-order valence-corrected chi connectivity index (χ2v) is 5.21. The molecule has 1 amide bonds. The summed E-state index contributed by atoms with van der Waals surface area (Å²) in [5, 5.41) is 7.41. The Balaban J connectivity index is 1.81. The Morgan fingerprint density at radius 3 is 2.78 bits per heavy atom. The zero-order chi connectivity index (χ0) is 16.2. The van der Waals surface area contributed by atoms with Gasteiger partial charge in [-0.25, -0.2) is 4.68 Å². The Bertz CT molecular complexity index is 832. The average Bonchev–Trinajstić information content (AvgIpc) is 3.10. The number of halogens is 1.